The highest BCUT2D eigenvalue weighted by atomic mass is 16.3. The summed E-state index contributed by atoms with van der Waals surface area (Å²) in [7, 11) is 0. The third-order valence-corrected chi connectivity index (χ3v) is 4.35. The number of carbonyl (C=O) groups excluding carboxylic acids is 1. The molecule has 1 heterocycles. The lowest BCUT2D eigenvalue weighted by molar-refractivity contribution is -0.128. The molecule has 0 radical (unpaired) electrons. The predicted molar refractivity (Wildman–Crippen MR) is 95.4 cm³/mol. The van der Waals surface area contributed by atoms with Crippen molar-refractivity contribution in [3.05, 3.63) is 60.2 Å². The molecule has 24 heavy (non-hydrogen) atoms. The van der Waals surface area contributed by atoms with Crippen molar-refractivity contribution in [2.45, 2.75) is 25.5 Å². The van der Waals surface area contributed by atoms with Gasteiger partial charge in [-0.25, -0.2) is 0 Å². The van der Waals surface area contributed by atoms with Crippen LogP contribution in [0.15, 0.2) is 54.6 Å². The van der Waals surface area contributed by atoms with E-state index in [1.807, 2.05) is 18.2 Å². The first kappa shape index (κ1) is 16.7. The molecule has 1 fully saturated rings. The van der Waals surface area contributed by atoms with Crippen molar-refractivity contribution in [1.82, 2.24) is 10.2 Å². The Labute approximate surface area is 143 Å². The standard InChI is InChI=1S/C20H24N2O2/c23-19(15-22-11-5-10-20(22)24)14-21-13-16-6-4-9-18(12-16)17-7-2-1-3-8-17/h1-4,6-9,12,19,21,23H,5,10-11,13-15H2. The SMILES string of the molecule is O=C1CCCN1CC(O)CNCc1cccc(-c2ccccc2)c1. The molecule has 2 N–H and O–H groups in total. The maximum Gasteiger partial charge on any atom is 0.222 e. The molecule has 0 aliphatic carbocycles. The van der Waals surface area contributed by atoms with Crippen molar-refractivity contribution in [3.63, 3.8) is 0 Å². The van der Waals surface area contributed by atoms with Gasteiger partial charge >= 0.3 is 0 Å². The molecular weight excluding hydrogens is 300 g/mol. The lowest BCUT2D eigenvalue weighted by Crippen LogP contribution is -2.38. The zero-order valence-electron chi connectivity index (χ0n) is 13.8. The molecule has 2 aromatic carbocycles. The zero-order chi connectivity index (χ0) is 16.8. The first-order valence-corrected chi connectivity index (χ1v) is 8.53. The van der Waals surface area contributed by atoms with Crippen LogP contribution >= 0.6 is 0 Å². The van der Waals surface area contributed by atoms with E-state index in [0.717, 1.165) is 13.0 Å². The number of β-amino-alcohol motifs (C(OH)–C–C–N with tert-alkyl or cyclic N) is 1. The zero-order valence-corrected chi connectivity index (χ0v) is 13.8. The van der Waals surface area contributed by atoms with E-state index in [0.29, 0.717) is 26.1 Å². The minimum Gasteiger partial charge on any atom is -0.390 e. The molecule has 3 rings (SSSR count). The molecule has 0 spiro atoms. The van der Waals surface area contributed by atoms with E-state index in [1.54, 1.807) is 4.90 Å². The minimum absolute atomic E-state index is 0.157. The number of aliphatic hydroxyl groups is 1. The maximum atomic E-state index is 11.6. The normalized spacial score (nSPS) is 15.7. The molecule has 4 heteroatoms. The fourth-order valence-corrected chi connectivity index (χ4v) is 3.09. The van der Waals surface area contributed by atoms with Crippen molar-refractivity contribution >= 4 is 5.91 Å². The molecule has 1 atom stereocenters. The van der Waals surface area contributed by atoms with Gasteiger partial charge in [-0.3, -0.25) is 4.79 Å². The Bertz CT molecular complexity index is 672. The van der Waals surface area contributed by atoms with Gasteiger partial charge in [-0.15, -0.1) is 0 Å². The van der Waals surface area contributed by atoms with E-state index in [2.05, 4.69) is 41.7 Å². The Morgan fingerprint density at radius 3 is 2.62 bits per heavy atom. The van der Waals surface area contributed by atoms with Gasteiger partial charge in [0.05, 0.1) is 6.10 Å². The topological polar surface area (TPSA) is 52.6 Å². The third-order valence-electron chi connectivity index (χ3n) is 4.35. The fourth-order valence-electron chi connectivity index (χ4n) is 3.09. The van der Waals surface area contributed by atoms with Crippen LogP contribution in [0.25, 0.3) is 11.1 Å². The number of nitrogens with one attached hydrogen (secondary N) is 1. The second-order valence-corrected chi connectivity index (χ2v) is 6.29. The van der Waals surface area contributed by atoms with Gasteiger partial charge < -0.3 is 15.3 Å². The van der Waals surface area contributed by atoms with Crippen molar-refractivity contribution in [2.24, 2.45) is 0 Å². The molecule has 0 aromatic heterocycles. The number of carbonyl (C=O) groups is 1. The largest absolute Gasteiger partial charge is 0.390 e. The first-order valence-electron chi connectivity index (χ1n) is 8.53. The maximum absolute atomic E-state index is 11.6. The summed E-state index contributed by atoms with van der Waals surface area (Å²) in [6.07, 6.45) is 1.00. The van der Waals surface area contributed by atoms with Gasteiger partial charge in [-0.2, -0.15) is 0 Å². The number of likely N-dealkylation sites (tertiary alicyclic amines) is 1. The molecule has 2 aromatic rings. The summed E-state index contributed by atoms with van der Waals surface area (Å²) < 4.78 is 0. The molecule has 0 bridgehead atoms. The summed E-state index contributed by atoms with van der Waals surface area (Å²) in [5, 5.41) is 13.4. The number of rotatable bonds is 7. The molecular formula is C20H24N2O2. The molecule has 1 aliphatic heterocycles. The monoisotopic (exact) mass is 324 g/mol. The second-order valence-electron chi connectivity index (χ2n) is 6.29. The van der Waals surface area contributed by atoms with Gasteiger partial charge in [0.2, 0.25) is 5.91 Å². The molecule has 1 saturated heterocycles. The van der Waals surface area contributed by atoms with Crippen LogP contribution in [0.4, 0.5) is 0 Å². The molecule has 1 unspecified atom stereocenters. The van der Waals surface area contributed by atoms with Crippen LogP contribution in [0.2, 0.25) is 0 Å². The average molecular weight is 324 g/mol. The van der Waals surface area contributed by atoms with Crippen LogP contribution < -0.4 is 5.32 Å². The Balaban J connectivity index is 1.49. The highest BCUT2D eigenvalue weighted by Crippen LogP contribution is 2.19. The smallest absolute Gasteiger partial charge is 0.222 e. The fraction of sp³-hybridized carbons (Fsp3) is 0.350. The van der Waals surface area contributed by atoms with Crippen molar-refractivity contribution < 1.29 is 9.90 Å². The molecule has 0 saturated carbocycles. The van der Waals surface area contributed by atoms with Gasteiger partial charge in [-0.05, 0) is 29.2 Å². The Hall–Kier alpha value is -2.17. The summed E-state index contributed by atoms with van der Waals surface area (Å²) in [5.41, 5.74) is 3.57. The van der Waals surface area contributed by atoms with E-state index in [-0.39, 0.29) is 5.91 Å². The number of amides is 1. The van der Waals surface area contributed by atoms with Gasteiger partial charge in [0.1, 0.15) is 0 Å². The van der Waals surface area contributed by atoms with Crippen LogP contribution in [0, 0.1) is 0 Å². The number of hydrogen-bond acceptors (Lipinski definition) is 3. The number of aliphatic hydroxyl groups excluding tert-OH is 1. The van der Waals surface area contributed by atoms with Gasteiger partial charge in [0, 0.05) is 32.6 Å². The number of hydrogen-bond donors (Lipinski definition) is 2. The highest BCUT2D eigenvalue weighted by Gasteiger charge is 2.22. The van der Waals surface area contributed by atoms with Gasteiger partial charge in [-0.1, -0.05) is 48.5 Å². The molecule has 126 valence electrons. The summed E-state index contributed by atoms with van der Waals surface area (Å²) in [4.78, 5) is 13.3. The quantitative estimate of drug-likeness (QED) is 0.822. The van der Waals surface area contributed by atoms with Crippen molar-refractivity contribution in [1.29, 1.82) is 0 Å². The second kappa shape index (κ2) is 8.08. The van der Waals surface area contributed by atoms with E-state index in [4.69, 9.17) is 0 Å². The molecule has 1 aliphatic rings. The minimum atomic E-state index is -0.524. The van der Waals surface area contributed by atoms with Crippen LogP contribution in [-0.4, -0.2) is 41.7 Å². The Kier molecular flexibility index (Phi) is 5.62. The number of benzene rings is 2. The van der Waals surface area contributed by atoms with Gasteiger partial charge in [0.15, 0.2) is 0 Å². The third kappa shape index (κ3) is 4.43. The summed E-state index contributed by atoms with van der Waals surface area (Å²) in [6, 6.07) is 18.7. The lowest BCUT2D eigenvalue weighted by Gasteiger charge is -2.20. The summed E-state index contributed by atoms with van der Waals surface area (Å²) in [6.45, 7) is 2.38. The Morgan fingerprint density at radius 2 is 1.88 bits per heavy atom. The van der Waals surface area contributed by atoms with Crippen molar-refractivity contribution in [2.75, 3.05) is 19.6 Å². The first-order chi connectivity index (χ1) is 11.7. The summed E-state index contributed by atoms with van der Waals surface area (Å²) in [5.74, 6) is 0.157. The Morgan fingerprint density at radius 1 is 1.08 bits per heavy atom. The highest BCUT2D eigenvalue weighted by molar-refractivity contribution is 5.78. The van der Waals surface area contributed by atoms with E-state index in [1.165, 1.54) is 16.7 Å². The summed E-state index contributed by atoms with van der Waals surface area (Å²) >= 11 is 0. The van der Waals surface area contributed by atoms with Crippen LogP contribution in [0.1, 0.15) is 18.4 Å². The van der Waals surface area contributed by atoms with Crippen LogP contribution in [0.5, 0.6) is 0 Å². The van der Waals surface area contributed by atoms with Crippen molar-refractivity contribution in [3.8, 4) is 11.1 Å². The van der Waals surface area contributed by atoms with Crippen LogP contribution in [-0.2, 0) is 11.3 Å². The lowest BCUT2D eigenvalue weighted by atomic mass is 10.0. The molecule has 4 nitrogen and oxygen atoms in total. The molecule has 1 amide bonds. The van der Waals surface area contributed by atoms with E-state index < -0.39 is 6.10 Å². The van der Waals surface area contributed by atoms with Crippen LogP contribution in [0.3, 0.4) is 0 Å². The number of nitrogens with zero attached hydrogens (tertiary/aromatic N) is 1. The van der Waals surface area contributed by atoms with E-state index in [9.17, 15) is 9.90 Å². The average Bonchev–Trinajstić information content (AvgIpc) is 3.01. The van der Waals surface area contributed by atoms with E-state index >= 15 is 0 Å². The van der Waals surface area contributed by atoms with Gasteiger partial charge in [0.25, 0.3) is 0 Å². The predicted octanol–water partition coefficient (Wildman–Crippen LogP) is 2.43.